The van der Waals surface area contributed by atoms with Crippen molar-refractivity contribution in [2.45, 2.75) is 13.8 Å². The fourth-order valence-corrected chi connectivity index (χ4v) is 3.49. The number of methoxy groups -OCH3 is 2. The first kappa shape index (κ1) is 15.0. The van der Waals surface area contributed by atoms with Crippen LogP contribution < -0.4 is 9.47 Å². The second kappa shape index (κ2) is 5.93. The standard InChI is InChI=1S/C14H14BrNO3S/c1-7-13(8(2)17)20-14(16-7)9-5-11(18-3)12(19-4)6-10(9)15/h5-6H,1-4H3. The lowest BCUT2D eigenvalue weighted by Crippen LogP contribution is -1.92. The number of carbonyl (C=O) groups is 1. The summed E-state index contributed by atoms with van der Waals surface area (Å²) >= 11 is 4.89. The Bertz CT molecular complexity index is 667. The van der Waals surface area contributed by atoms with Gasteiger partial charge in [-0.3, -0.25) is 4.79 Å². The summed E-state index contributed by atoms with van der Waals surface area (Å²) in [5.74, 6) is 1.30. The van der Waals surface area contributed by atoms with E-state index in [1.807, 2.05) is 19.1 Å². The molecule has 0 saturated heterocycles. The van der Waals surface area contributed by atoms with Gasteiger partial charge in [-0.15, -0.1) is 11.3 Å². The summed E-state index contributed by atoms with van der Waals surface area (Å²) in [5.41, 5.74) is 1.63. The largest absolute Gasteiger partial charge is 0.493 e. The molecule has 0 aliphatic rings. The van der Waals surface area contributed by atoms with Crippen LogP contribution in [0.25, 0.3) is 10.6 Å². The highest BCUT2D eigenvalue weighted by Gasteiger charge is 2.17. The molecule has 0 saturated carbocycles. The van der Waals surface area contributed by atoms with Gasteiger partial charge >= 0.3 is 0 Å². The molecule has 0 bridgehead atoms. The van der Waals surface area contributed by atoms with Gasteiger partial charge < -0.3 is 9.47 Å². The number of nitrogens with zero attached hydrogens (tertiary/aromatic N) is 1. The van der Waals surface area contributed by atoms with Crippen molar-refractivity contribution in [2.75, 3.05) is 14.2 Å². The third-order valence-corrected chi connectivity index (χ3v) is 4.77. The summed E-state index contributed by atoms with van der Waals surface area (Å²) in [6.45, 7) is 3.39. The van der Waals surface area contributed by atoms with Gasteiger partial charge in [-0.25, -0.2) is 4.98 Å². The molecule has 0 atom stereocenters. The summed E-state index contributed by atoms with van der Waals surface area (Å²) in [7, 11) is 3.18. The van der Waals surface area contributed by atoms with E-state index in [4.69, 9.17) is 9.47 Å². The highest BCUT2D eigenvalue weighted by Crippen LogP contribution is 2.40. The minimum atomic E-state index is 0.0304. The molecule has 0 aliphatic heterocycles. The van der Waals surface area contributed by atoms with Crippen LogP contribution in [0.2, 0.25) is 0 Å². The first-order chi connectivity index (χ1) is 9.47. The van der Waals surface area contributed by atoms with Crippen LogP contribution in [0, 0.1) is 6.92 Å². The zero-order chi connectivity index (χ0) is 14.9. The highest BCUT2D eigenvalue weighted by molar-refractivity contribution is 9.10. The molecule has 0 amide bonds. The van der Waals surface area contributed by atoms with Gasteiger partial charge in [0.1, 0.15) is 5.01 Å². The SMILES string of the molecule is COc1cc(Br)c(-c2nc(C)c(C(C)=O)s2)cc1OC. The van der Waals surface area contributed by atoms with Crippen molar-refractivity contribution in [3.8, 4) is 22.1 Å². The average molecular weight is 356 g/mol. The molecule has 1 aromatic heterocycles. The molecule has 2 rings (SSSR count). The fourth-order valence-electron chi connectivity index (χ4n) is 1.86. The number of aryl methyl sites for hydroxylation is 1. The van der Waals surface area contributed by atoms with Crippen LogP contribution in [0.4, 0.5) is 0 Å². The summed E-state index contributed by atoms with van der Waals surface area (Å²) in [6.07, 6.45) is 0. The Hall–Kier alpha value is -1.40. The Morgan fingerprint density at radius 3 is 2.35 bits per heavy atom. The lowest BCUT2D eigenvalue weighted by molar-refractivity contribution is 0.102. The first-order valence-electron chi connectivity index (χ1n) is 5.88. The third kappa shape index (κ3) is 2.71. The zero-order valence-corrected chi connectivity index (χ0v) is 14.0. The lowest BCUT2D eigenvalue weighted by atomic mass is 10.2. The number of thiazole rings is 1. The maximum absolute atomic E-state index is 11.5. The van der Waals surface area contributed by atoms with E-state index in [0.717, 1.165) is 20.7 Å². The Morgan fingerprint density at radius 2 is 1.85 bits per heavy atom. The van der Waals surface area contributed by atoms with Crippen molar-refractivity contribution >= 4 is 33.0 Å². The average Bonchev–Trinajstić information content (AvgIpc) is 2.80. The predicted octanol–water partition coefficient (Wildman–Crippen LogP) is 4.10. The van der Waals surface area contributed by atoms with E-state index in [0.29, 0.717) is 16.4 Å². The van der Waals surface area contributed by atoms with Gasteiger partial charge in [-0.1, -0.05) is 0 Å². The number of ketones is 1. The smallest absolute Gasteiger partial charge is 0.171 e. The Kier molecular flexibility index (Phi) is 4.45. The number of aromatic nitrogens is 1. The quantitative estimate of drug-likeness (QED) is 0.774. The molecular weight excluding hydrogens is 342 g/mol. The molecule has 106 valence electrons. The van der Waals surface area contributed by atoms with Crippen molar-refractivity contribution in [3.05, 3.63) is 27.2 Å². The van der Waals surface area contributed by atoms with Crippen molar-refractivity contribution in [2.24, 2.45) is 0 Å². The van der Waals surface area contributed by atoms with Gasteiger partial charge in [0, 0.05) is 17.0 Å². The van der Waals surface area contributed by atoms with E-state index in [2.05, 4.69) is 20.9 Å². The van der Waals surface area contributed by atoms with Gasteiger partial charge in [0.15, 0.2) is 17.3 Å². The predicted molar refractivity (Wildman–Crippen MR) is 83.1 cm³/mol. The molecule has 6 heteroatoms. The summed E-state index contributed by atoms with van der Waals surface area (Å²) in [6, 6.07) is 3.68. The van der Waals surface area contributed by atoms with Gasteiger partial charge in [0.05, 0.1) is 24.8 Å². The molecule has 1 heterocycles. The van der Waals surface area contributed by atoms with E-state index in [1.165, 1.54) is 11.3 Å². The summed E-state index contributed by atoms with van der Waals surface area (Å²) < 4.78 is 11.4. The molecule has 0 radical (unpaired) electrons. The lowest BCUT2D eigenvalue weighted by Gasteiger charge is -2.10. The van der Waals surface area contributed by atoms with Crippen LogP contribution in [-0.4, -0.2) is 25.0 Å². The number of benzene rings is 1. The number of ether oxygens (including phenoxy) is 2. The Balaban J connectivity index is 2.58. The van der Waals surface area contributed by atoms with E-state index in [-0.39, 0.29) is 5.78 Å². The van der Waals surface area contributed by atoms with Crippen LogP contribution in [0.5, 0.6) is 11.5 Å². The van der Waals surface area contributed by atoms with Crippen molar-refractivity contribution in [1.82, 2.24) is 4.98 Å². The normalized spacial score (nSPS) is 10.4. The summed E-state index contributed by atoms with van der Waals surface area (Å²) in [4.78, 5) is 16.7. The number of Topliss-reactive ketones (excluding diaryl/α,β-unsaturated/α-hetero) is 1. The Morgan fingerprint density at radius 1 is 1.25 bits per heavy atom. The zero-order valence-electron chi connectivity index (χ0n) is 11.6. The second-order valence-electron chi connectivity index (χ2n) is 4.18. The molecule has 4 nitrogen and oxygen atoms in total. The molecule has 0 fully saturated rings. The molecule has 0 aliphatic carbocycles. The monoisotopic (exact) mass is 355 g/mol. The van der Waals surface area contributed by atoms with Crippen LogP contribution in [0.3, 0.4) is 0 Å². The van der Waals surface area contributed by atoms with Crippen LogP contribution in [0.15, 0.2) is 16.6 Å². The Labute approximate surface area is 129 Å². The van der Waals surface area contributed by atoms with Crippen molar-refractivity contribution in [1.29, 1.82) is 0 Å². The molecule has 20 heavy (non-hydrogen) atoms. The molecule has 2 aromatic rings. The van der Waals surface area contributed by atoms with Crippen LogP contribution in [-0.2, 0) is 0 Å². The van der Waals surface area contributed by atoms with E-state index in [1.54, 1.807) is 21.1 Å². The first-order valence-corrected chi connectivity index (χ1v) is 7.49. The number of hydrogen-bond acceptors (Lipinski definition) is 5. The van der Waals surface area contributed by atoms with Crippen LogP contribution in [0.1, 0.15) is 22.3 Å². The minimum absolute atomic E-state index is 0.0304. The maximum Gasteiger partial charge on any atom is 0.171 e. The number of hydrogen-bond donors (Lipinski definition) is 0. The van der Waals surface area contributed by atoms with Gasteiger partial charge in [0.25, 0.3) is 0 Å². The second-order valence-corrected chi connectivity index (χ2v) is 6.03. The number of halogens is 1. The molecule has 1 aromatic carbocycles. The van der Waals surface area contributed by atoms with Gasteiger partial charge in [0.2, 0.25) is 0 Å². The molecule has 0 N–H and O–H groups in total. The summed E-state index contributed by atoms with van der Waals surface area (Å²) in [5, 5.41) is 0.778. The topological polar surface area (TPSA) is 48.4 Å². The highest BCUT2D eigenvalue weighted by atomic mass is 79.9. The van der Waals surface area contributed by atoms with E-state index < -0.39 is 0 Å². The molecular formula is C14H14BrNO3S. The van der Waals surface area contributed by atoms with Crippen LogP contribution >= 0.6 is 27.3 Å². The number of carbonyl (C=O) groups excluding carboxylic acids is 1. The molecule has 0 spiro atoms. The van der Waals surface area contributed by atoms with Crippen molar-refractivity contribution < 1.29 is 14.3 Å². The molecule has 0 unspecified atom stereocenters. The maximum atomic E-state index is 11.5. The minimum Gasteiger partial charge on any atom is -0.493 e. The van der Waals surface area contributed by atoms with Crippen molar-refractivity contribution in [3.63, 3.8) is 0 Å². The van der Waals surface area contributed by atoms with E-state index >= 15 is 0 Å². The van der Waals surface area contributed by atoms with E-state index in [9.17, 15) is 4.79 Å². The fraction of sp³-hybridized carbons (Fsp3) is 0.286. The van der Waals surface area contributed by atoms with Gasteiger partial charge in [-0.05, 0) is 35.0 Å². The third-order valence-electron chi connectivity index (χ3n) is 2.82. The van der Waals surface area contributed by atoms with Gasteiger partial charge in [-0.2, -0.15) is 0 Å². The number of rotatable bonds is 4.